The van der Waals surface area contributed by atoms with Gasteiger partial charge >= 0.3 is 6.03 Å². The molecule has 2 amide bonds. The van der Waals surface area contributed by atoms with Gasteiger partial charge in [0.2, 0.25) is 0 Å². The molecule has 0 unspecified atom stereocenters. The number of ether oxygens (including phenoxy) is 1. The standard InChI is InChI=1S/C14H18N6O2/c21-14(16-10-12-3-4-17-19-12)18-11-1-2-13(15-9-11)20-5-7-22-8-6-20/h1-4,9H,5-8,10H2,(H,17,19)(H2,16,18,21). The Labute approximate surface area is 127 Å². The number of urea groups is 1. The predicted molar refractivity (Wildman–Crippen MR) is 81.7 cm³/mol. The molecule has 1 saturated heterocycles. The van der Waals surface area contributed by atoms with Gasteiger partial charge in [-0.3, -0.25) is 5.10 Å². The van der Waals surface area contributed by atoms with Crippen molar-refractivity contribution in [3.8, 4) is 0 Å². The van der Waals surface area contributed by atoms with Gasteiger partial charge < -0.3 is 20.3 Å². The number of hydrogen-bond acceptors (Lipinski definition) is 5. The minimum absolute atomic E-state index is 0.282. The van der Waals surface area contributed by atoms with Gasteiger partial charge in [-0.1, -0.05) is 0 Å². The Kier molecular flexibility index (Phi) is 4.50. The molecule has 3 heterocycles. The first-order chi connectivity index (χ1) is 10.8. The number of morpholine rings is 1. The van der Waals surface area contributed by atoms with E-state index < -0.39 is 0 Å². The maximum Gasteiger partial charge on any atom is 0.319 e. The second-order valence-corrected chi connectivity index (χ2v) is 4.89. The molecule has 8 heteroatoms. The second-order valence-electron chi connectivity index (χ2n) is 4.89. The van der Waals surface area contributed by atoms with Crippen LogP contribution in [0.15, 0.2) is 30.6 Å². The maximum atomic E-state index is 11.8. The van der Waals surface area contributed by atoms with E-state index in [1.807, 2.05) is 12.1 Å². The summed E-state index contributed by atoms with van der Waals surface area (Å²) in [6.07, 6.45) is 3.30. The third-order valence-corrected chi connectivity index (χ3v) is 3.34. The second kappa shape index (κ2) is 6.90. The first kappa shape index (κ1) is 14.3. The van der Waals surface area contributed by atoms with Crippen molar-refractivity contribution in [3.63, 3.8) is 0 Å². The smallest absolute Gasteiger partial charge is 0.319 e. The summed E-state index contributed by atoms with van der Waals surface area (Å²) in [5.41, 5.74) is 1.50. The highest BCUT2D eigenvalue weighted by molar-refractivity contribution is 5.89. The van der Waals surface area contributed by atoms with Crippen molar-refractivity contribution in [2.24, 2.45) is 0 Å². The Bertz CT molecular complexity index is 592. The van der Waals surface area contributed by atoms with Crippen LogP contribution in [0.25, 0.3) is 0 Å². The van der Waals surface area contributed by atoms with Crippen molar-refractivity contribution in [1.29, 1.82) is 0 Å². The Balaban J connectivity index is 1.50. The van der Waals surface area contributed by atoms with Gasteiger partial charge in [0, 0.05) is 19.3 Å². The molecule has 2 aromatic rings. The molecule has 1 aliphatic rings. The van der Waals surface area contributed by atoms with Crippen molar-refractivity contribution in [2.45, 2.75) is 6.54 Å². The Morgan fingerprint density at radius 1 is 1.32 bits per heavy atom. The van der Waals surface area contributed by atoms with E-state index in [-0.39, 0.29) is 6.03 Å². The number of hydrogen-bond donors (Lipinski definition) is 3. The van der Waals surface area contributed by atoms with Crippen molar-refractivity contribution in [2.75, 3.05) is 36.5 Å². The van der Waals surface area contributed by atoms with E-state index in [4.69, 9.17) is 4.74 Å². The molecule has 3 N–H and O–H groups in total. The number of aromatic amines is 1. The van der Waals surface area contributed by atoms with E-state index in [1.54, 1.807) is 18.5 Å². The highest BCUT2D eigenvalue weighted by atomic mass is 16.5. The van der Waals surface area contributed by atoms with Crippen LogP contribution in [0, 0.1) is 0 Å². The van der Waals surface area contributed by atoms with Gasteiger partial charge in [-0.25, -0.2) is 9.78 Å². The number of amides is 2. The summed E-state index contributed by atoms with van der Waals surface area (Å²) < 4.78 is 5.31. The molecule has 0 atom stereocenters. The summed E-state index contributed by atoms with van der Waals surface area (Å²) in [6.45, 7) is 3.51. The lowest BCUT2D eigenvalue weighted by molar-refractivity contribution is 0.122. The molecule has 22 heavy (non-hydrogen) atoms. The lowest BCUT2D eigenvalue weighted by atomic mass is 10.3. The fourth-order valence-electron chi connectivity index (χ4n) is 2.17. The van der Waals surface area contributed by atoms with Crippen LogP contribution in [-0.2, 0) is 11.3 Å². The number of rotatable bonds is 4. The molecule has 0 aromatic carbocycles. The van der Waals surface area contributed by atoms with Gasteiger partial charge in [-0.15, -0.1) is 0 Å². The third kappa shape index (κ3) is 3.73. The summed E-state index contributed by atoms with van der Waals surface area (Å²) in [7, 11) is 0. The molecule has 0 spiro atoms. The van der Waals surface area contributed by atoms with Gasteiger partial charge in [0.15, 0.2) is 0 Å². The monoisotopic (exact) mass is 302 g/mol. The van der Waals surface area contributed by atoms with Crippen molar-refractivity contribution < 1.29 is 9.53 Å². The quantitative estimate of drug-likeness (QED) is 0.782. The first-order valence-electron chi connectivity index (χ1n) is 7.13. The van der Waals surface area contributed by atoms with Crippen LogP contribution >= 0.6 is 0 Å². The zero-order chi connectivity index (χ0) is 15.2. The van der Waals surface area contributed by atoms with Gasteiger partial charge in [0.25, 0.3) is 0 Å². The molecular formula is C14H18N6O2. The average molecular weight is 302 g/mol. The topological polar surface area (TPSA) is 95.2 Å². The van der Waals surface area contributed by atoms with E-state index in [0.717, 1.165) is 37.8 Å². The van der Waals surface area contributed by atoms with Crippen LogP contribution in [-0.4, -0.2) is 47.5 Å². The Morgan fingerprint density at radius 2 is 2.18 bits per heavy atom. The summed E-state index contributed by atoms with van der Waals surface area (Å²) in [4.78, 5) is 18.3. The first-order valence-corrected chi connectivity index (χ1v) is 7.13. The fraction of sp³-hybridized carbons (Fsp3) is 0.357. The molecule has 2 aromatic heterocycles. The number of carbonyl (C=O) groups is 1. The van der Waals surface area contributed by atoms with Crippen LogP contribution in [0.2, 0.25) is 0 Å². The van der Waals surface area contributed by atoms with Crippen LogP contribution in [0.1, 0.15) is 5.69 Å². The van der Waals surface area contributed by atoms with Crippen molar-refractivity contribution in [1.82, 2.24) is 20.5 Å². The zero-order valence-corrected chi connectivity index (χ0v) is 12.1. The van der Waals surface area contributed by atoms with Crippen LogP contribution < -0.4 is 15.5 Å². The SMILES string of the molecule is O=C(NCc1ccn[nH]1)Nc1ccc(N2CCOCC2)nc1. The van der Waals surface area contributed by atoms with Crippen LogP contribution in [0.3, 0.4) is 0 Å². The molecule has 0 bridgehead atoms. The van der Waals surface area contributed by atoms with E-state index in [9.17, 15) is 4.79 Å². The number of carbonyl (C=O) groups excluding carboxylic acids is 1. The molecule has 116 valence electrons. The molecule has 8 nitrogen and oxygen atoms in total. The lowest BCUT2D eigenvalue weighted by Crippen LogP contribution is -2.36. The van der Waals surface area contributed by atoms with Gasteiger partial charge in [0.1, 0.15) is 5.82 Å². The highest BCUT2D eigenvalue weighted by Gasteiger charge is 2.12. The van der Waals surface area contributed by atoms with Gasteiger partial charge in [0.05, 0.1) is 37.3 Å². The van der Waals surface area contributed by atoms with E-state index >= 15 is 0 Å². The lowest BCUT2D eigenvalue weighted by Gasteiger charge is -2.27. The number of anilines is 2. The molecule has 3 rings (SSSR count). The zero-order valence-electron chi connectivity index (χ0n) is 12.1. The van der Waals surface area contributed by atoms with Crippen LogP contribution in [0.4, 0.5) is 16.3 Å². The highest BCUT2D eigenvalue weighted by Crippen LogP contribution is 2.15. The van der Waals surface area contributed by atoms with Gasteiger partial charge in [-0.05, 0) is 18.2 Å². The maximum absolute atomic E-state index is 11.8. The summed E-state index contributed by atoms with van der Waals surface area (Å²) in [5, 5.41) is 12.1. The number of aromatic nitrogens is 3. The number of pyridine rings is 1. The number of nitrogens with one attached hydrogen (secondary N) is 3. The molecule has 1 aliphatic heterocycles. The minimum atomic E-state index is -0.282. The molecule has 0 saturated carbocycles. The van der Waals surface area contributed by atoms with E-state index in [1.165, 1.54) is 0 Å². The van der Waals surface area contributed by atoms with Crippen molar-refractivity contribution in [3.05, 3.63) is 36.3 Å². The molecule has 0 aliphatic carbocycles. The molecule has 0 radical (unpaired) electrons. The van der Waals surface area contributed by atoms with E-state index in [2.05, 4.69) is 30.7 Å². The largest absolute Gasteiger partial charge is 0.378 e. The van der Waals surface area contributed by atoms with E-state index in [0.29, 0.717) is 12.2 Å². The van der Waals surface area contributed by atoms with Gasteiger partial charge in [-0.2, -0.15) is 5.10 Å². The Hall–Kier alpha value is -2.61. The normalized spacial score (nSPS) is 14.6. The fourth-order valence-corrected chi connectivity index (χ4v) is 2.17. The van der Waals surface area contributed by atoms with Crippen LogP contribution in [0.5, 0.6) is 0 Å². The average Bonchev–Trinajstić information content (AvgIpc) is 3.08. The van der Waals surface area contributed by atoms with Crippen molar-refractivity contribution >= 4 is 17.5 Å². The summed E-state index contributed by atoms with van der Waals surface area (Å²) in [6, 6.07) is 5.26. The number of H-pyrrole nitrogens is 1. The summed E-state index contributed by atoms with van der Waals surface area (Å²) in [5.74, 6) is 0.895. The third-order valence-electron chi connectivity index (χ3n) is 3.34. The Morgan fingerprint density at radius 3 is 2.86 bits per heavy atom. The summed E-state index contributed by atoms with van der Waals surface area (Å²) >= 11 is 0. The minimum Gasteiger partial charge on any atom is -0.378 e. The predicted octanol–water partition coefficient (Wildman–Crippen LogP) is 0.963. The molecule has 1 fully saturated rings. The number of nitrogens with zero attached hydrogens (tertiary/aromatic N) is 3. The molecular weight excluding hydrogens is 284 g/mol.